The summed E-state index contributed by atoms with van der Waals surface area (Å²) in [6, 6.07) is 24.1. The molecule has 6 rings (SSSR count). The molecule has 0 amide bonds. The molecule has 2 nitrogen and oxygen atoms in total. The number of aliphatic imine (C=N–C) groups is 1. The molecule has 2 heterocycles. The molecule has 3 aromatic carbocycles. The van der Waals surface area contributed by atoms with Crippen LogP contribution in [0.25, 0.3) is 22.7 Å². The molecule has 0 atom stereocenters. The molecule has 0 saturated carbocycles. The van der Waals surface area contributed by atoms with Gasteiger partial charge in [-0.1, -0.05) is 74.0 Å². The van der Waals surface area contributed by atoms with Gasteiger partial charge in [-0.15, -0.1) is 0 Å². The molecule has 4 aromatic rings. The number of allylic oxidation sites excluding steroid dienone is 1. The molecule has 1 aromatic heterocycles. The minimum Gasteiger partial charge on any atom is -0.310 e. The van der Waals surface area contributed by atoms with Gasteiger partial charge in [0.05, 0.1) is 16.9 Å². The molecule has 0 saturated heterocycles. The van der Waals surface area contributed by atoms with Crippen LogP contribution in [0.5, 0.6) is 0 Å². The van der Waals surface area contributed by atoms with Crippen LogP contribution in [0, 0.1) is 6.92 Å². The van der Waals surface area contributed by atoms with E-state index < -0.39 is 0 Å². The van der Waals surface area contributed by atoms with Gasteiger partial charge in [-0.05, 0) is 60.7 Å². The Labute approximate surface area is 183 Å². The highest BCUT2D eigenvalue weighted by Crippen LogP contribution is 2.49. The van der Waals surface area contributed by atoms with Crippen LogP contribution < -0.4 is 0 Å². The zero-order valence-corrected chi connectivity index (χ0v) is 18.3. The van der Waals surface area contributed by atoms with E-state index in [9.17, 15) is 0 Å². The van der Waals surface area contributed by atoms with E-state index in [2.05, 4.69) is 104 Å². The lowest BCUT2D eigenvalue weighted by Gasteiger charge is -2.22. The zero-order valence-electron chi connectivity index (χ0n) is 18.3. The number of nitrogens with zero attached hydrogens (tertiary/aromatic N) is 2. The summed E-state index contributed by atoms with van der Waals surface area (Å²) in [5.41, 5.74) is 11.3. The van der Waals surface area contributed by atoms with Crippen LogP contribution in [0.3, 0.4) is 0 Å². The lowest BCUT2D eigenvalue weighted by Crippen LogP contribution is -2.26. The molecule has 2 heteroatoms. The van der Waals surface area contributed by atoms with Crippen LogP contribution in [0.2, 0.25) is 0 Å². The Kier molecular flexibility index (Phi) is 3.89. The van der Waals surface area contributed by atoms with E-state index >= 15 is 0 Å². The van der Waals surface area contributed by atoms with E-state index in [1.165, 1.54) is 55.9 Å². The third-order valence-electron chi connectivity index (χ3n) is 6.91. The quantitative estimate of drug-likeness (QED) is 0.334. The van der Waals surface area contributed by atoms with Gasteiger partial charge < -0.3 is 4.57 Å². The van der Waals surface area contributed by atoms with Gasteiger partial charge in [-0.3, -0.25) is 4.99 Å². The zero-order chi connectivity index (χ0) is 21.2. The lowest BCUT2D eigenvalue weighted by atomic mass is 9.78. The van der Waals surface area contributed by atoms with Gasteiger partial charge >= 0.3 is 0 Å². The van der Waals surface area contributed by atoms with Crippen molar-refractivity contribution in [2.24, 2.45) is 4.99 Å². The summed E-state index contributed by atoms with van der Waals surface area (Å²) in [6.07, 6.45) is 6.75. The third-order valence-corrected chi connectivity index (χ3v) is 6.91. The minimum atomic E-state index is -0.117. The van der Waals surface area contributed by atoms with Crippen LogP contribution in [-0.2, 0) is 11.8 Å². The molecule has 0 unspecified atom stereocenters. The first kappa shape index (κ1) is 18.4. The smallest absolute Gasteiger partial charge is 0.0772 e. The Hall–Kier alpha value is -3.39. The largest absolute Gasteiger partial charge is 0.310 e. The highest BCUT2D eigenvalue weighted by molar-refractivity contribution is 6.16. The van der Waals surface area contributed by atoms with Gasteiger partial charge in [0, 0.05) is 22.2 Å². The van der Waals surface area contributed by atoms with Gasteiger partial charge in [0.25, 0.3) is 0 Å². The molecule has 0 fully saturated rings. The summed E-state index contributed by atoms with van der Waals surface area (Å²) >= 11 is 0. The fraction of sp³-hybridized carbons (Fsp3) is 0.207. The molecule has 1 aliphatic heterocycles. The first-order chi connectivity index (χ1) is 15.1. The lowest BCUT2D eigenvalue weighted by molar-refractivity contribution is 0.738. The Balaban J connectivity index is 1.68. The molecule has 152 valence electrons. The molecule has 0 N–H and O–H groups in total. The number of benzene rings is 3. The molecular formula is C29H26N2. The van der Waals surface area contributed by atoms with E-state index in [1.807, 2.05) is 0 Å². The number of aromatic nitrogens is 1. The SMILES string of the molecule is Cc1ccc(-n2c3c(c4c5c(ccc42)C(C)(C)C(c2ccccc2)=N5)CCC=C3)cc1. The number of fused-ring (bicyclic) bond motifs is 5. The molecule has 31 heavy (non-hydrogen) atoms. The average Bonchev–Trinajstić information content (AvgIpc) is 3.26. The predicted octanol–water partition coefficient (Wildman–Crippen LogP) is 7.31. The Bertz CT molecular complexity index is 1380. The van der Waals surface area contributed by atoms with Crippen molar-refractivity contribution in [1.82, 2.24) is 4.57 Å². The number of aryl methyl sites for hydroxylation is 2. The van der Waals surface area contributed by atoms with Crippen molar-refractivity contribution >= 4 is 28.4 Å². The Morgan fingerprint density at radius 3 is 2.45 bits per heavy atom. The minimum absolute atomic E-state index is 0.117. The maximum absolute atomic E-state index is 5.31. The topological polar surface area (TPSA) is 17.3 Å². The van der Waals surface area contributed by atoms with Crippen LogP contribution in [0.15, 0.2) is 77.8 Å². The third kappa shape index (κ3) is 2.61. The number of hydrogen-bond acceptors (Lipinski definition) is 1. The second-order valence-corrected chi connectivity index (χ2v) is 9.28. The van der Waals surface area contributed by atoms with Crippen LogP contribution in [-0.4, -0.2) is 10.3 Å². The monoisotopic (exact) mass is 402 g/mol. The number of rotatable bonds is 2. The molecular weight excluding hydrogens is 376 g/mol. The highest BCUT2D eigenvalue weighted by Gasteiger charge is 2.38. The van der Waals surface area contributed by atoms with Crippen molar-refractivity contribution in [3.63, 3.8) is 0 Å². The van der Waals surface area contributed by atoms with Crippen LogP contribution in [0.1, 0.15) is 48.2 Å². The van der Waals surface area contributed by atoms with Gasteiger partial charge in [-0.2, -0.15) is 0 Å². The molecule has 2 aliphatic rings. The second-order valence-electron chi connectivity index (χ2n) is 9.28. The Morgan fingerprint density at radius 2 is 1.68 bits per heavy atom. The summed E-state index contributed by atoms with van der Waals surface area (Å²) in [5.74, 6) is 0. The van der Waals surface area contributed by atoms with E-state index in [0.717, 1.165) is 12.8 Å². The first-order valence-electron chi connectivity index (χ1n) is 11.1. The van der Waals surface area contributed by atoms with Crippen molar-refractivity contribution in [1.29, 1.82) is 0 Å². The van der Waals surface area contributed by atoms with Gasteiger partial charge in [0.2, 0.25) is 0 Å². The fourth-order valence-electron chi connectivity index (χ4n) is 5.30. The van der Waals surface area contributed by atoms with E-state index in [1.54, 1.807) is 0 Å². The summed E-state index contributed by atoms with van der Waals surface area (Å²) in [7, 11) is 0. The van der Waals surface area contributed by atoms with Crippen molar-refractivity contribution in [2.45, 2.75) is 39.0 Å². The first-order valence-corrected chi connectivity index (χ1v) is 11.1. The van der Waals surface area contributed by atoms with Crippen molar-refractivity contribution in [3.05, 3.63) is 101 Å². The average molecular weight is 403 g/mol. The fourth-order valence-corrected chi connectivity index (χ4v) is 5.30. The summed E-state index contributed by atoms with van der Waals surface area (Å²) in [6.45, 7) is 6.75. The molecule has 1 aliphatic carbocycles. The van der Waals surface area contributed by atoms with Crippen molar-refractivity contribution in [2.75, 3.05) is 0 Å². The van der Waals surface area contributed by atoms with Gasteiger partial charge in [-0.25, -0.2) is 0 Å². The van der Waals surface area contributed by atoms with E-state index in [4.69, 9.17) is 4.99 Å². The van der Waals surface area contributed by atoms with Gasteiger partial charge in [0.15, 0.2) is 0 Å². The maximum atomic E-state index is 5.31. The summed E-state index contributed by atoms with van der Waals surface area (Å²) in [4.78, 5) is 5.31. The summed E-state index contributed by atoms with van der Waals surface area (Å²) in [5, 5.41) is 1.33. The van der Waals surface area contributed by atoms with Crippen LogP contribution in [0.4, 0.5) is 5.69 Å². The van der Waals surface area contributed by atoms with Crippen molar-refractivity contribution < 1.29 is 0 Å². The van der Waals surface area contributed by atoms with Crippen molar-refractivity contribution in [3.8, 4) is 5.69 Å². The highest BCUT2D eigenvalue weighted by atomic mass is 15.0. The van der Waals surface area contributed by atoms with E-state index in [0.29, 0.717) is 0 Å². The maximum Gasteiger partial charge on any atom is 0.0772 e. The molecule has 0 radical (unpaired) electrons. The summed E-state index contributed by atoms with van der Waals surface area (Å²) < 4.78 is 2.42. The molecule has 0 spiro atoms. The van der Waals surface area contributed by atoms with Gasteiger partial charge in [0.1, 0.15) is 0 Å². The Morgan fingerprint density at radius 1 is 0.903 bits per heavy atom. The predicted molar refractivity (Wildman–Crippen MR) is 131 cm³/mol. The van der Waals surface area contributed by atoms with E-state index in [-0.39, 0.29) is 5.41 Å². The van der Waals surface area contributed by atoms with Crippen LogP contribution >= 0.6 is 0 Å². The number of hydrogen-bond donors (Lipinski definition) is 0. The normalized spacial score (nSPS) is 16.3. The standard InChI is InChI=1S/C29H26N2/c1-19-13-15-21(16-14-19)31-24-12-8-7-11-22(24)26-25(31)18-17-23-27(26)30-28(29(23,2)3)20-9-5-4-6-10-20/h4-6,8-10,12-18H,7,11H2,1-3H3. The second kappa shape index (κ2) is 6.55. The molecule has 0 bridgehead atoms.